The highest BCUT2D eigenvalue weighted by molar-refractivity contribution is 5.84. The fraction of sp³-hybridized carbons (Fsp3) is 0.870. The second-order valence-corrected chi connectivity index (χ2v) is 8.64. The standard InChI is InChI=1S/C23H44N2O4/c1-19(2)15-13-11-9-7-5-3-4-6-8-10-12-14-16-22(27)25-20(23(28)29)17-18-21(24)26/h19-20H,3-18H2,1-2H3,(H2,24,26)(H,25,27)(H,28,29)/t20-/m0/s1. The van der Waals surface area contributed by atoms with E-state index in [-0.39, 0.29) is 18.7 Å². The molecule has 29 heavy (non-hydrogen) atoms. The summed E-state index contributed by atoms with van der Waals surface area (Å²) in [5.41, 5.74) is 5.03. The molecule has 0 saturated carbocycles. The molecular weight excluding hydrogens is 368 g/mol. The molecule has 0 aromatic carbocycles. The van der Waals surface area contributed by atoms with E-state index in [0.29, 0.717) is 6.42 Å². The highest BCUT2D eigenvalue weighted by Gasteiger charge is 2.20. The Morgan fingerprint density at radius 3 is 1.59 bits per heavy atom. The second-order valence-electron chi connectivity index (χ2n) is 8.64. The van der Waals surface area contributed by atoms with Crippen molar-refractivity contribution in [3.8, 4) is 0 Å². The zero-order chi connectivity index (χ0) is 21.9. The van der Waals surface area contributed by atoms with Crippen molar-refractivity contribution < 1.29 is 19.5 Å². The zero-order valence-corrected chi connectivity index (χ0v) is 18.7. The van der Waals surface area contributed by atoms with Gasteiger partial charge in [0.15, 0.2) is 0 Å². The molecule has 0 saturated heterocycles. The molecule has 0 unspecified atom stereocenters. The molecule has 2 amide bonds. The van der Waals surface area contributed by atoms with Crippen molar-refractivity contribution in [3.05, 3.63) is 0 Å². The second kappa shape index (κ2) is 18.4. The zero-order valence-electron chi connectivity index (χ0n) is 18.7. The number of nitrogens with one attached hydrogen (secondary N) is 1. The first kappa shape index (κ1) is 27.4. The smallest absolute Gasteiger partial charge is 0.326 e. The molecule has 0 aromatic rings. The van der Waals surface area contributed by atoms with Gasteiger partial charge < -0.3 is 16.2 Å². The number of nitrogens with two attached hydrogens (primary N) is 1. The molecular formula is C23H44N2O4. The van der Waals surface area contributed by atoms with Gasteiger partial charge in [-0.1, -0.05) is 90.9 Å². The van der Waals surface area contributed by atoms with Crippen molar-refractivity contribution in [3.63, 3.8) is 0 Å². The summed E-state index contributed by atoms with van der Waals surface area (Å²) in [4.78, 5) is 33.7. The van der Waals surface area contributed by atoms with Crippen LogP contribution in [0.5, 0.6) is 0 Å². The number of carboxylic acids is 1. The molecule has 1 atom stereocenters. The summed E-state index contributed by atoms with van der Waals surface area (Å²) in [5.74, 6) is -1.13. The van der Waals surface area contributed by atoms with Crippen LogP contribution in [0.25, 0.3) is 0 Å². The van der Waals surface area contributed by atoms with E-state index in [1.807, 2.05) is 0 Å². The first-order valence-corrected chi connectivity index (χ1v) is 11.6. The number of aliphatic carboxylic acids is 1. The summed E-state index contributed by atoms with van der Waals surface area (Å²) in [6.45, 7) is 4.58. The Kier molecular flexibility index (Phi) is 17.4. The third-order valence-corrected chi connectivity index (χ3v) is 5.25. The molecule has 4 N–H and O–H groups in total. The third-order valence-electron chi connectivity index (χ3n) is 5.25. The van der Waals surface area contributed by atoms with Gasteiger partial charge in [0.25, 0.3) is 0 Å². The molecule has 0 fully saturated rings. The number of carbonyl (C=O) groups is 3. The van der Waals surface area contributed by atoms with Gasteiger partial charge in [-0.25, -0.2) is 4.79 Å². The Morgan fingerprint density at radius 1 is 0.724 bits per heavy atom. The van der Waals surface area contributed by atoms with Gasteiger partial charge in [0.05, 0.1) is 0 Å². The summed E-state index contributed by atoms with van der Waals surface area (Å²) < 4.78 is 0. The number of primary amides is 1. The lowest BCUT2D eigenvalue weighted by atomic mass is 10.0. The van der Waals surface area contributed by atoms with E-state index in [2.05, 4.69) is 19.2 Å². The van der Waals surface area contributed by atoms with Crippen LogP contribution in [-0.2, 0) is 14.4 Å². The summed E-state index contributed by atoms with van der Waals surface area (Å²) >= 11 is 0. The van der Waals surface area contributed by atoms with E-state index in [1.54, 1.807) is 0 Å². The van der Waals surface area contributed by atoms with Gasteiger partial charge in [-0.15, -0.1) is 0 Å². The topological polar surface area (TPSA) is 109 Å². The fourth-order valence-corrected chi connectivity index (χ4v) is 3.42. The molecule has 0 aliphatic heterocycles. The molecule has 0 aromatic heterocycles. The number of rotatable bonds is 20. The number of hydrogen-bond acceptors (Lipinski definition) is 3. The molecule has 0 radical (unpaired) electrons. The van der Waals surface area contributed by atoms with Crippen LogP contribution in [0.4, 0.5) is 0 Å². The first-order chi connectivity index (χ1) is 13.8. The van der Waals surface area contributed by atoms with Crippen LogP contribution in [0.15, 0.2) is 0 Å². The van der Waals surface area contributed by atoms with E-state index < -0.39 is 17.9 Å². The van der Waals surface area contributed by atoms with Gasteiger partial charge in [0.2, 0.25) is 11.8 Å². The lowest BCUT2D eigenvalue weighted by Gasteiger charge is -2.13. The SMILES string of the molecule is CC(C)CCCCCCCCCCCCCCC(=O)N[C@@H](CCC(N)=O)C(=O)O. The van der Waals surface area contributed by atoms with Crippen molar-refractivity contribution in [2.75, 3.05) is 0 Å². The Hall–Kier alpha value is -1.59. The average Bonchev–Trinajstić information content (AvgIpc) is 2.64. The van der Waals surface area contributed by atoms with Crippen molar-refractivity contribution in [2.45, 2.75) is 123 Å². The monoisotopic (exact) mass is 412 g/mol. The summed E-state index contributed by atoms with van der Waals surface area (Å²) in [6.07, 6.45) is 16.5. The van der Waals surface area contributed by atoms with E-state index in [1.165, 1.54) is 64.2 Å². The van der Waals surface area contributed by atoms with Gasteiger partial charge in [-0.3, -0.25) is 9.59 Å². The number of carbonyl (C=O) groups excluding carboxylic acids is 2. The number of unbranched alkanes of at least 4 members (excludes halogenated alkanes) is 11. The molecule has 0 bridgehead atoms. The number of amides is 2. The highest BCUT2D eigenvalue weighted by Crippen LogP contribution is 2.14. The fourth-order valence-electron chi connectivity index (χ4n) is 3.42. The predicted molar refractivity (Wildman–Crippen MR) is 117 cm³/mol. The van der Waals surface area contributed by atoms with Crippen LogP contribution in [-0.4, -0.2) is 28.9 Å². The molecule has 0 heterocycles. The van der Waals surface area contributed by atoms with Crippen LogP contribution in [0.3, 0.4) is 0 Å². The quantitative estimate of drug-likeness (QED) is 0.246. The maximum absolute atomic E-state index is 11.8. The van der Waals surface area contributed by atoms with Crippen LogP contribution in [0.1, 0.15) is 117 Å². The van der Waals surface area contributed by atoms with Crippen molar-refractivity contribution >= 4 is 17.8 Å². The molecule has 0 rings (SSSR count). The first-order valence-electron chi connectivity index (χ1n) is 11.6. The van der Waals surface area contributed by atoms with Gasteiger partial charge in [-0.05, 0) is 18.8 Å². The van der Waals surface area contributed by atoms with Crippen molar-refractivity contribution in [1.29, 1.82) is 0 Å². The van der Waals surface area contributed by atoms with Crippen molar-refractivity contribution in [1.82, 2.24) is 5.32 Å². The molecule has 0 spiro atoms. The summed E-state index contributed by atoms with van der Waals surface area (Å²) in [6, 6.07) is -1.04. The van der Waals surface area contributed by atoms with Crippen LogP contribution in [0.2, 0.25) is 0 Å². The number of carboxylic acid groups (broad SMARTS) is 1. The highest BCUT2D eigenvalue weighted by atomic mass is 16.4. The van der Waals surface area contributed by atoms with Gasteiger partial charge >= 0.3 is 5.97 Å². The average molecular weight is 413 g/mol. The largest absolute Gasteiger partial charge is 0.480 e. The summed E-state index contributed by atoms with van der Waals surface area (Å²) in [5, 5.41) is 11.5. The molecule has 6 nitrogen and oxygen atoms in total. The lowest BCUT2D eigenvalue weighted by molar-refractivity contribution is -0.142. The molecule has 6 heteroatoms. The van der Waals surface area contributed by atoms with Crippen LogP contribution in [0, 0.1) is 5.92 Å². The molecule has 170 valence electrons. The normalized spacial score (nSPS) is 12.1. The van der Waals surface area contributed by atoms with Crippen LogP contribution < -0.4 is 11.1 Å². The lowest BCUT2D eigenvalue weighted by Crippen LogP contribution is -2.41. The Morgan fingerprint density at radius 2 is 1.17 bits per heavy atom. The van der Waals surface area contributed by atoms with E-state index in [4.69, 9.17) is 10.8 Å². The van der Waals surface area contributed by atoms with E-state index in [0.717, 1.165) is 25.2 Å². The van der Waals surface area contributed by atoms with Gasteiger partial charge in [0.1, 0.15) is 6.04 Å². The predicted octanol–water partition coefficient (Wildman–Crippen LogP) is 4.94. The Balaban J connectivity index is 3.47. The Labute approximate surface area is 177 Å². The maximum atomic E-state index is 11.8. The van der Waals surface area contributed by atoms with Gasteiger partial charge in [-0.2, -0.15) is 0 Å². The van der Waals surface area contributed by atoms with E-state index in [9.17, 15) is 14.4 Å². The minimum absolute atomic E-state index is 0.0361. The molecule has 0 aliphatic rings. The minimum atomic E-state index is -1.13. The number of hydrogen-bond donors (Lipinski definition) is 3. The van der Waals surface area contributed by atoms with Crippen molar-refractivity contribution in [2.24, 2.45) is 11.7 Å². The summed E-state index contributed by atoms with van der Waals surface area (Å²) in [7, 11) is 0. The minimum Gasteiger partial charge on any atom is -0.480 e. The molecule has 0 aliphatic carbocycles. The van der Waals surface area contributed by atoms with Crippen LogP contribution >= 0.6 is 0 Å². The van der Waals surface area contributed by atoms with Gasteiger partial charge in [0, 0.05) is 12.8 Å². The maximum Gasteiger partial charge on any atom is 0.326 e. The Bertz CT molecular complexity index is 452. The van der Waals surface area contributed by atoms with E-state index >= 15 is 0 Å². The third kappa shape index (κ3) is 19.5.